The van der Waals surface area contributed by atoms with Crippen LogP contribution >= 0.6 is 0 Å². The fourth-order valence-electron chi connectivity index (χ4n) is 0.931. The van der Waals surface area contributed by atoms with Crippen LogP contribution in [0.2, 0.25) is 0 Å². The lowest BCUT2D eigenvalue weighted by atomic mass is 10.1. The SMILES string of the molecule is CC(=O)C1=CCC=CC(N)=C1. The molecule has 0 saturated heterocycles. The largest absolute Gasteiger partial charge is 0.399 e. The Hall–Kier alpha value is -1.31. The van der Waals surface area contributed by atoms with E-state index in [4.69, 9.17) is 5.73 Å². The lowest BCUT2D eigenvalue weighted by Gasteiger charge is -1.93. The van der Waals surface area contributed by atoms with E-state index in [1.54, 1.807) is 13.0 Å². The average molecular weight is 149 g/mol. The van der Waals surface area contributed by atoms with Crippen LogP contribution in [0.25, 0.3) is 0 Å². The summed E-state index contributed by atoms with van der Waals surface area (Å²) < 4.78 is 0. The highest BCUT2D eigenvalue weighted by Crippen LogP contribution is 2.08. The minimum Gasteiger partial charge on any atom is -0.399 e. The lowest BCUT2D eigenvalue weighted by Crippen LogP contribution is -1.97. The summed E-state index contributed by atoms with van der Waals surface area (Å²) in [7, 11) is 0. The van der Waals surface area contributed by atoms with Crippen molar-refractivity contribution >= 4 is 5.78 Å². The number of Topliss-reactive ketones (excluding diaryl/α,β-unsaturated/α-hetero) is 1. The molecule has 11 heavy (non-hydrogen) atoms. The molecule has 0 fully saturated rings. The standard InChI is InChI=1S/C9H11NO/c1-7(11)8-4-2-3-5-9(10)6-8/h3-6H,2,10H2,1H3. The maximum Gasteiger partial charge on any atom is 0.159 e. The van der Waals surface area contributed by atoms with Gasteiger partial charge in [0.2, 0.25) is 0 Å². The van der Waals surface area contributed by atoms with E-state index in [1.807, 2.05) is 18.2 Å². The molecule has 0 aromatic heterocycles. The van der Waals surface area contributed by atoms with E-state index in [2.05, 4.69) is 0 Å². The predicted molar refractivity (Wildman–Crippen MR) is 44.8 cm³/mol. The zero-order valence-corrected chi connectivity index (χ0v) is 6.50. The zero-order chi connectivity index (χ0) is 8.27. The Morgan fingerprint density at radius 1 is 1.64 bits per heavy atom. The average Bonchev–Trinajstić information content (AvgIpc) is 2.13. The summed E-state index contributed by atoms with van der Waals surface area (Å²) in [5.41, 5.74) is 6.89. The van der Waals surface area contributed by atoms with Gasteiger partial charge in [-0.2, -0.15) is 0 Å². The molecule has 1 aliphatic carbocycles. The van der Waals surface area contributed by atoms with Gasteiger partial charge in [0.1, 0.15) is 0 Å². The molecule has 1 aliphatic rings. The van der Waals surface area contributed by atoms with Crippen molar-refractivity contribution in [2.24, 2.45) is 5.73 Å². The van der Waals surface area contributed by atoms with Crippen LogP contribution in [0.3, 0.4) is 0 Å². The van der Waals surface area contributed by atoms with Crippen LogP contribution in [0, 0.1) is 0 Å². The molecule has 0 aliphatic heterocycles. The summed E-state index contributed by atoms with van der Waals surface area (Å²) in [4.78, 5) is 10.9. The molecule has 0 heterocycles. The highest BCUT2D eigenvalue weighted by atomic mass is 16.1. The molecule has 0 bridgehead atoms. The van der Waals surface area contributed by atoms with Crippen molar-refractivity contribution in [1.82, 2.24) is 0 Å². The van der Waals surface area contributed by atoms with E-state index < -0.39 is 0 Å². The van der Waals surface area contributed by atoms with Crippen molar-refractivity contribution < 1.29 is 4.79 Å². The highest BCUT2D eigenvalue weighted by molar-refractivity contribution is 5.96. The van der Waals surface area contributed by atoms with Gasteiger partial charge >= 0.3 is 0 Å². The topological polar surface area (TPSA) is 43.1 Å². The highest BCUT2D eigenvalue weighted by Gasteiger charge is 2.01. The van der Waals surface area contributed by atoms with E-state index in [1.165, 1.54) is 0 Å². The third kappa shape index (κ3) is 2.08. The van der Waals surface area contributed by atoms with Crippen LogP contribution in [0.4, 0.5) is 0 Å². The van der Waals surface area contributed by atoms with Gasteiger partial charge in [0, 0.05) is 11.3 Å². The smallest absolute Gasteiger partial charge is 0.159 e. The van der Waals surface area contributed by atoms with Crippen molar-refractivity contribution in [3.63, 3.8) is 0 Å². The normalized spacial score (nSPS) is 16.8. The minimum absolute atomic E-state index is 0.0663. The van der Waals surface area contributed by atoms with Crippen LogP contribution in [-0.4, -0.2) is 5.78 Å². The number of ketones is 1. The molecule has 0 aromatic carbocycles. The third-order valence-corrected chi connectivity index (χ3v) is 1.51. The first-order valence-electron chi connectivity index (χ1n) is 3.55. The molecule has 0 aromatic rings. The number of carbonyl (C=O) groups is 1. The summed E-state index contributed by atoms with van der Waals surface area (Å²) in [5.74, 6) is 0.0663. The van der Waals surface area contributed by atoms with Crippen LogP contribution in [-0.2, 0) is 4.79 Å². The van der Waals surface area contributed by atoms with E-state index in [0.717, 1.165) is 6.42 Å². The number of hydrogen-bond acceptors (Lipinski definition) is 2. The molecule has 1 rings (SSSR count). The molecule has 0 amide bonds. The molecule has 2 heteroatoms. The summed E-state index contributed by atoms with van der Waals surface area (Å²) in [5, 5.41) is 0. The fourth-order valence-corrected chi connectivity index (χ4v) is 0.931. The first kappa shape index (κ1) is 7.79. The monoisotopic (exact) mass is 149 g/mol. The molecular weight excluding hydrogens is 138 g/mol. The van der Waals surface area contributed by atoms with Gasteiger partial charge in [-0.25, -0.2) is 0 Å². The van der Waals surface area contributed by atoms with Crippen LogP contribution in [0.15, 0.2) is 35.6 Å². The van der Waals surface area contributed by atoms with Crippen molar-refractivity contribution in [3.8, 4) is 0 Å². The number of hydrogen-bond donors (Lipinski definition) is 1. The molecule has 0 saturated carbocycles. The van der Waals surface area contributed by atoms with Gasteiger partial charge in [0.15, 0.2) is 5.78 Å². The lowest BCUT2D eigenvalue weighted by molar-refractivity contribution is -0.113. The predicted octanol–water partition coefficient (Wildman–Crippen LogP) is 1.30. The molecule has 0 radical (unpaired) electrons. The Balaban J connectivity index is 2.91. The minimum atomic E-state index is 0.0663. The van der Waals surface area contributed by atoms with Gasteiger partial charge in [-0.15, -0.1) is 0 Å². The van der Waals surface area contributed by atoms with Crippen LogP contribution in [0.1, 0.15) is 13.3 Å². The molecule has 2 N–H and O–H groups in total. The van der Waals surface area contributed by atoms with Gasteiger partial charge in [-0.05, 0) is 25.5 Å². The summed E-state index contributed by atoms with van der Waals surface area (Å²) in [6.07, 6.45) is 8.10. The summed E-state index contributed by atoms with van der Waals surface area (Å²) >= 11 is 0. The van der Waals surface area contributed by atoms with E-state index in [9.17, 15) is 4.79 Å². The first-order chi connectivity index (χ1) is 5.20. The molecule has 0 unspecified atom stereocenters. The van der Waals surface area contributed by atoms with Crippen molar-refractivity contribution in [2.45, 2.75) is 13.3 Å². The second kappa shape index (κ2) is 3.19. The number of nitrogens with two attached hydrogens (primary N) is 1. The van der Waals surface area contributed by atoms with Gasteiger partial charge in [-0.1, -0.05) is 12.2 Å². The Kier molecular flexibility index (Phi) is 2.26. The molecule has 58 valence electrons. The second-order valence-electron chi connectivity index (χ2n) is 2.50. The Morgan fingerprint density at radius 3 is 3.00 bits per heavy atom. The first-order valence-corrected chi connectivity index (χ1v) is 3.55. The molecule has 0 atom stereocenters. The summed E-state index contributed by atoms with van der Waals surface area (Å²) in [6.45, 7) is 1.54. The molecule has 2 nitrogen and oxygen atoms in total. The summed E-state index contributed by atoms with van der Waals surface area (Å²) in [6, 6.07) is 0. The quantitative estimate of drug-likeness (QED) is 0.610. The van der Waals surface area contributed by atoms with Crippen molar-refractivity contribution in [2.75, 3.05) is 0 Å². The van der Waals surface area contributed by atoms with Gasteiger partial charge < -0.3 is 5.73 Å². The maximum atomic E-state index is 10.9. The van der Waals surface area contributed by atoms with Crippen molar-refractivity contribution in [3.05, 3.63) is 35.6 Å². The fraction of sp³-hybridized carbons (Fsp3) is 0.222. The van der Waals surface area contributed by atoms with Gasteiger partial charge in [-0.3, -0.25) is 4.79 Å². The Bertz CT molecular complexity index is 259. The second-order valence-corrected chi connectivity index (χ2v) is 2.50. The number of carbonyl (C=O) groups excluding carboxylic acids is 1. The Morgan fingerprint density at radius 2 is 2.36 bits per heavy atom. The van der Waals surface area contributed by atoms with Gasteiger partial charge in [0.25, 0.3) is 0 Å². The molecule has 0 spiro atoms. The number of allylic oxidation sites excluding steroid dienone is 5. The zero-order valence-electron chi connectivity index (χ0n) is 6.50. The van der Waals surface area contributed by atoms with Crippen LogP contribution in [0.5, 0.6) is 0 Å². The van der Waals surface area contributed by atoms with Crippen LogP contribution < -0.4 is 5.73 Å². The van der Waals surface area contributed by atoms with E-state index >= 15 is 0 Å². The third-order valence-electron chi connectivity index (χ3n) is 1.51. The van der Waals surface area contributed by atoms with E-state index in [-0.39, 0.29) is 5.78 Å². The van der Waals surface area contributed by atoms with Crippen molar-refractivity contribution in [1.29, 1.82) is 0 Å². The number of rotatable bonds is 1. The Labute approximate surface area is 66.1 Å². The maximum absolute atomic E-state index is 10.9. The van der Waals surface area contributed by atoms with E-state index in [0.29, 0.717) is 11.3 Å². The van der Waals surface area contributed by atoms with Gasteiger partial charge in [0.05, 0.1) is 0 Å². The molecular formula is C9H11NO.